The fourth-order valence-corrected chi connectivity index (χ4v) is 6.07. The Morgan fingerprint density at radius 3 is 2.17 bits per heavy atom. The summed E-state index contributed by atoms with van der Waals surface area (Å²) in [4.78, 5) is 38.5. The molecule has 5 rings (SSSR count). The number of carboxylic acids is 1. The maximum Gasteiger partial charge on any atom is 0.407 e. The van der Waals surface area contributed by atoms with E-state index in [0.29, 0.717) is 19.4 Å². The Morgan fingerprint density at radius 2 is 1.54 bits per heavy atom. The van der Waals surface area contributed by atoms with E-state index in [1.165, 1.54) is 22.3 Å². The molecular weight excluding hydrogens is 444 g/mol. The zero-order valence-electron chi connectivity index (χ0n) is 19.8. The number of amides is 2. The highest BCUT2D eigenvalue weighted by molar-refractivity contribution is 5.81. The molecule has 2 N–H and O–H groups in total. The summed E-state index contributed by atoms with van der Waals surface area (Å²) in [6.07, 6.45) is 4.06. The van der Waals surface area contributed by atoms with Crippen molar-refractivity contribution >= 4 is 18.0 Å². The number of nitrogens with zero attached hydrogens (tertiary/aromatic N) is 1. The average Bonchev–Trinajstić information content (AvgIpc) is 3.45. The molecule has 1 heterocycles. The first kappa shape index (κ1) is 23.4. The summed E-state index contributed by atoms with van der Waals surface area (Å²) in [7, 11) is 0. The Labute approximate surface area is 205 Å². The van der Waals surface area contributed by atoms with Gasteiger partial charge in [0.2, 0.25) is 5.91 Å². The molecule has 0 radical (unpaired) electrons. The standard InChI is InChI=1S/C28H32N2O5/c31-26(32)16-20-6-5-15-30(20)27(33)18-11-13-19(14-12-18)29-28(34)35-17-25-23-9-3-1-7-21(23)22-8-2-4-10-24(22)25/h1-4,7-10,18-20,25H,5-6,11-17H2,(H,29,34)(H,31,32). The Hall–Kier alpha value is -3.35. The smallest absolute Gasteiger partial charge is 0.407 e. The third-order valence-electron chi connectivity index (χ3n) is 7.81. The van der Waals surface area contributed by atoms with Gasteiger partial charge in [-0.15, -0.1) is 0 Å². The van der Waals surface area contributed by atoms with E-state index in [0.717, 1.165) is 25.7 Å². The van der Waals surface area contributed by atoms with Crippen molar-refractivity contribution in [3.63, 3.8) is 0 Å². The molecule has 1 aliphatic heterocycles. The lowest BCUT2D eigenvalue weighted by Gasteiger charge is -2.33. The summed E-state index contributed by atoms with van der Waals surface area (Å²) < 4.78 is 5.67. The number of hydrogen-bond acceptors (Lipinski definition) is 4. The number of likely N-dealkylation sites (tertiary alicyclic amines) is 1. The van der Waals surface area contributed by atoms with E-state index in [1.54, 1.807) is 4.90 Å². The van der Waals surface area contributed by atoms with E-state index in [-0.39, 0.29) is 42.9 Å². The molecule has 1 atom stereocenters. The minimum Gasteiger partial charge on any atom is -0.481 e. The maximum absolute atomic E-state index is 13.0. The second-order valence-corrected chi connectivity index (χ2v) is 9.94. The van der Waals surface area contributed by atoms with Crippen LogP contribution >= 0.6 is 0 Å². The molecule has 184 valence electrons. The quantitative estimate of drug-likeness (QED) is 0.638. The average molecular weight is 477 g/mol. The van der Waals surface area contributed by atoms with Gasteiger partial charge in [-0.3, -0.25) is 9.59 Å². The van der Waals surface area contributed by atoms with Crippen LogP contribution in [0.1, 0.15) is 62.0 Å². The van der Waals surface area contributed by atoms with Crippen molar-refractivity contribution in [3.05, 3.63) is 59.7 Å². The molecular formula is C28H32N2O5. The fourth-order valence-electron chi connectivity index (χ4n) is 6.07. The molecule has 7 nitrogen and oxygen atoms in total. The Bertz CT molecular complexity index is 1060. The molecule has 35 heavy (non-hydrogen) atoms. The lowest BCUT2D eigenvalue weighted by atomic mass is 9.85. The van der Waals surface area contributed by atoms with Gasteiger partial charge in [0.05, 0.1) is 6.42 Å². The van der Waals surface area contributed by atoms with Crippen molar-refractivity contribution in [1.29, 1.82) is 0 Å². The number of carboxylic acid groups (broad SMARTS) is 1. The summed E-state index contributed by atoms with van der Waals surface area (Å²) in [6, 6.07) is 16.3. The van der Waals surface area contributed by atoms with Gasteiger partial charge < -0.3 is 20.1 Å². The van der Waals surface area contributed by atoms with Crippen LogP contribution in [0.15, 0.2) is 48.5 Å². The number of nitrogens with one attached hydrogen (secondary N) is 1. The molecule has 2 aromatic rings. The van der Waals surface area contributed by atoms with Crippen molar-refractivity contribution < 1.29 is 24.2 Å². The molecule has 0 spiro atoms. The highest BCUT2D eigenvalue weighted by Crippen LogP contribution is 2.44. The van der Waals surface area contributed by atoms with Crippen molar-refractivity contribution in [2.45, 2.75) is 62.9 Å². The molecule has 1 unspecified atom stereocenters. The van der Waals surface area contributed by atoms with Crippen molar-refractivity contribution in [2.24, 2.45) is 5.92 Å². The van der Waals surface area contributed by atoms with Crippen LogP contribution in [0.25, 0.3) is 11.1 Å². The van der Waals surface area contributed by atoms with Crippen LogP contribution < -0.4 is 5.32 Å². The molecule has 2 amide bonds. The van der Waals surface area contributed by atoms with Crippen LogP contribution in [0.3, 0.4) is 0 Å². The summed E-state index contributed by atoms with van der Waals surface area (Å²) in [5, 5.41) is 12.1. The first-order valence-corrected chi connectivity index (χ1v) is 12.6. The van der Waals surface area contributed by atoms with Crippen LogP contribution in [0, 0.1) is 5.92 Å². The second kappa shape index (κ2) is 10.1. The first-order chi connectivity index (χ1) is 17.0. The van der Waals surface area contributed by atoms with E-state index in [9.17, 15) is 14.4 Å². The molecule has 1 saturated carbocycles. The predicted molar refractivity (Wildman–Crippen MR) is 131 cm³/mol. The van der Waals surface area contributed by atoms with Crippen LogP contribution in [0.2, 0.25) is 0 Å². The topological polar surface area (TPSA) is 95.9 Å². The lowest BCUT2D eigenvalue weighted by Crippen LogP contribution is -2.44. The second-order valence-electron chi connectivity index (χ2n) is 9.94. The summed E-state index contributed by atoms with van der Waals surface area (Å²) in [6.45, 7) is 0.933. The lowest BCUT2D eigenvalue weighted by molar-refractivity contribution is -0.141. The zero-order valence-corrected chi connectivity index (χ0v) is 19.8. The number of ether oxygens (including phenoxy) is 1. The van der Waals surface area contributed by atoms with Crippen molar-refractivity contribution in [1.82, 2.24) is 10.2 Å². The number of alkyl carbamates (subject to hydrolysis) is 1. The van der Waals surface area contributed by atoms with Gasteiger partial charge in [0.25, 0.3) is 0 Å². The highest BCUT2D eigenvalue weighted by atomic mass is 16.5. The summed E-state index contributed by atoms with van der Waals surface area (Å²) in [5.74, 6) is -0.843. The van der Waals surface area contributed by atoms with Gasteiger partial charge in [-0.1, -0.05) is 48.5 Å². The van der Waals surface area contributed by atoms with E-state index < -0.39 is 12.1 Å². The van der Waals surface area contributed by atoms with Crippen LogP contribution in [-0.4, -0.2) is 53.2 Å². The number of hydrogen-bond donors (Lipinski definition) is 2. The molecule has 0 aromatic heterocycles. The van der Waals surface area contributed by atoms with Gasteiger partial charge in [-0.05, 0) is 60.8 Å². The predicted octanol–water partition coefficient (Wildman–Crippen LogP) is 4.55. The number of carbonyl (C=O) groups excluding carboxylic acids is 2. The normalized spacial score (nSPS) is 23.4. The summed E-state index contributed by atoms with van der Waals surface area (Å²) >= 11 is 0. The van der Waals surface area contributed by atoms with E-state index in [1.807, 2.05) is 24.3 Å². The Kier molecular flexibility index (Phi) is 6.75. The molecule has 1 saturated heterocycles. The molecule has 2 aliphatic carbocycles. The fraction of sp³-hybridized carbons (Fsp3) is 0.464. The zero-order chi connectivity index (χ0) is 24.4. The first-order valence-electron chi connectivity index (χ1n) is 12.6. The van der Waals surface area contributed by atoms with Gasteiger partial charge in [0.1, 0.15) is 6.61 Å². The maximum atomic E-state index is 13.0. The molecule has 2 fully saturated rings. The van der Waals surface area contributed by atoms with Gasteiger partial charge in [0, 0.05) is 30.5 Å². The van der Waals surface area contributed by atoms with Crippen LogP contribution in [0.4, 0.5) is 4.79 Å². The molecule has 2 aromatic carbocycles. The third kappa shape index (κ3) is 4.90. The van der Waals surface area contributed by atoms with Crippen molar-refractivity contribution in [2.75, 3.05) is 13.2 Å². The van der Waals surface area contributed by atoms with E-state index in [2.05, 4.69) is 29.6 Å². The number of fused-ring (bicyclic) bond motifs is 3. The van der Waals surface area contributed by atoms with Crippen molar-refractivity contribution in [3.8, 4) is 11.1 Å². The molecule has 3 aliphatic rings. The largest absolute Gasteiger partial charge is 0.481 e. The third-order valence-corrected chi connectivity index (χ3v) is 7.81. The van der Waals surface area contributed by atoms with Gasteiger partial charge in [0.15, 0.2) is 0 Å². The minimum absolute atomic E-state index is 0.0110. The van der Waals surface area contributed by atoms with Crippen LogP contribution in [0.5, 0.6) is 0 Å². The SMILES string of the molecule is O=C(O)CC1CCCN1C(=O)C1CCC(NC(=O)OCC2c3ccccc3-c3ccccc32)CC1. The number of rotatable bonds is 6. The summed E-state index contributed by atoms with van der Waals surface area (Å²) in [5.41, 5.74) is 4.76. The van der Waals surface area contributed by atoms with E-state index in [4.69, 9.17) is 9.84 Å². The monoisotopic (exact) mass is 476 g/mol. The Balaban J connectivity index is 1.11. The van der Waals surface area contributed by atoms with Gasteiger partial charge >= 0.3 is 12.1 Å². The highest BCUT2D eigenvalue weighted by Gasteiger charge is 2.36. The Morgan fingerprint density at radius 1 is 0.914 bits per heavy atom. The molecule has 0 bridgehead atoms. The number of benzene rings is 2. The van der Waals surface area contributed by atoms with Gasteiger partial charge in [-0.2, -0.15) is 0 Å². The molecule has 7 heteroatoms. The number of aliphatic carboxylic acids is 1. The number of carbonyl (C=O) groups is 3. The van der Waals surface area contributed by atoms with Crippen LogP contribution in [-0.2, 0) is 14.3 Å². The van der Waals surface area contributed by atoms with Gasteiger partial charge in [-0.25, -0.2) is 4.79 Å². The minimum atomic E-state index is -0.856. The van der Waals surface area contributed by atoms with E-state index >= 15 is 0 Å².